The number of nitriles is 1. The van der Waals surface area contributed by atoms with E-state index < -0.39 is 0 Å². The summed E-state index contributed by atoms with van der Waals surface area (Å²) in [5.41, 5.74) is 1.07. The van der Waals surface area contributed by atoms with E-state index in [4.69, 9.17) is 5.26 Å². The van der Waals surface area contributed by atoms with Crippen LogP contribution in [0, 0.1) is 22.6 Å². The highest BCUT2D eigenvalue weighted by atomic mass is 19.1. The number of aromatic nitrogens is 1. The largest absolute Gasteiger partial charge is 0.347 e. The number of rotatable bonds is 3. The number of halogens is 1. The Labute approximate surface area is 99.3 Å². The van der Waals surface area contributed by atoms with Crippen LogP contribution in [0.3, 0.4) is 0 Å². The minimum absolute atomic E-state index is 0.146. The molecule has 0 amide bonds. The Morgan fingerprint density at radius 1 is 1.35 bits per heavy atom. The normalized spacial score (nSPS) is 16.9. The van der Waals surface area contributed by atoms with Crippen molar-refractivity contribution in [1.82, 2.24) is 4.57 Å². The highest BCUT2D eigenvalue weighted by Crippen LogP contribution is 2.50. The van der Waals surface area contributed by atoms with Crippen LogP contribution in [0.4, 0.5) is 4.39 Å². The third-order valence-corrected chi connectivity index (χ3v) is 3.65. The molecule has 0 atom stereocenters. The molecule has 1 fully saturated rings. The smallest absolute Gasteiger partial charge is 0.125 e. The van der Waals surface area contributed by atoms with Gasteiger partial charge in [0.2, 0.25) is 0 Å². The molecule has 0 aliphatic heterocycles. The fourth-order valence-electron chi connectivity index (χ4n) is 2.39. The van der Waals surface area contributed by atoms with Crippen molar-refractivity contribution in [1.29, 1.82) is 5.26 Å². The van der Waals surface area contributed by atoms with Crippen molar-refractivity contribution in [2.45, 2.75) is 25.8 Å². The lowest BCUT2D eigenvalue weighted by Crippen LogP contribution is -2.10. The first-order valence-corrected chi connectivity index (χ1v) is 5.84. The van der Waals surface area contributed by atoms with Crippen molar-refractivity contribution < 1.29 is 4.39 Å². The van der Waals surface area contributed by atoms with E-state index in [0.717, 1.165) is 30.3 Å². The van der Waals surface area contributed by atoms with Gasteiger partial charge in [0.1, 0.15) is 5.82 Å². The second-order valence-corrected chi connectivity index (χ2v) is 4.98. The summed E-state index contributed by atoms with van der Waals surface area (Å²) in [5, 5.41) is 9.86. The highest BCUT2D eigenvalue weighted by Gasteiger charge is 2.42. The lowest BCUT2D eigenvalue weighted by Gasteiger charge is -2.13. The minimum atomic E-state index is -0.206. The van der Waals surface area contributed by atoms with Gasteiger partial charge < -0.3 is 4.57 Å². The maximum absolute atomic E-state index is 13.2. The molecule has 1 aliphatic rings. The van der Waals surface area contributed by atoms with Crippen LogP contribution in [0.15, 0.2) is 30.5 Å². The third-order valence-electron chi connectivity index (χ3n) is 3.65. The molecule has 2 aromatic rings. The van der Waals surface area contributed by atoms with E-state index in [-0.39, 0.29) is 11.2 Å². The molecule has 1 aliphatic carbocycles. The van der Waals surface area contributed by atoms with E-state index in [2.05, 4.69) is 10.6 Å². The molecule has 2 nitrogen and oxygen atoms in total. The average molecular weight is 228 g/mol. The van der Waals surface area contributed by atoms with Crippen molar-refractivity contribution >= 4 is 10.9 Å². The lowest BCUT2D eigenvalue weighted by molar-refractivity contribution is 0.439. The van der Waals surface area contributed by atoms with Crippen molar-refractivity contribution in [3.8, 4) is 6.07 Å². The molecule has 0 spiro atoms. The Morgan fingerprint density at radius 2 is 2.18 bits per heavy atom. The summed E-state index contributed by atoms with van der Waals surface area (Å²) < 4.78 is 15.3. The number of hydrogen-bond donors (Lipinski definition) is 0. The first-order valence-electron chi connectivity index (χ1n) is 5.84. The predicted molar refractivity (Wildman–Crippen MR) is 63.8 cm³/mol. The van der Waals surface area contributed by atoms with E-state index >= 15 is 0 Å². The Hall–Kier alpha value is -1.82. The Morgan fingerprint density at radius 3 is 2.88 bits per heavy atom. The third kappa shape index (κ3) is 1.80. The van der Waals surface area contributed by atoms with Crippen LogP contribution < -0.4 is 0 Å². The van der Waals surface area contributed by atoms with Gasteiger partial charge in [-0.3, -0.25) is 0 Å². The molecule has 0 saturated heterocycles. The van der Waals surface area contributed by atoms with Gasteiger partial charge in [-0.15, -0.1) is 0 Å². The van der Waals surface area contributed by atoms with Crippen LogP contribution in [0.1, 0.15) is 19.3 Å². The lowest BCUT2D eigenvalue weighted by atomic mass is 10.0. The molecular formula is C14H13FN2. The molecule has 86 valence electrons. The topological polar surface area (TPSA) is 28.7 Å². The van der Waals surface area contributed by atoms with E-state index in [1.54, 1.807) is 12.1 Å². The summed E-state index contributed by atoms with van der Waals surface area (Å²) in [6, 6.07) is 9.10. The summed E-state index contributed by atoms with van der Waals surface area (Å²) in [5.74, 6) is -0.206. The van der Waals surface area contributed by atoms with Gasteiger partial charge in [-0.2, -0.15) is 5.26 Å². The van der Waals surface area contributed by atoms with Gasteiger partial charge in [0.25, 0.3) is 0 Å². The average Bonchev–Trinajstić information content (AvgIpc) is 2.95. The molecule has 0 radical (unpaired) electrons. The van der Waals surface area contributed by atoms with Crippen molar-refractivity contribution in [3.05, 3.63) is 36.3 Å². The van der Waals surface area contributed by atoms with Gasteiger partial charge in [0, 0.05) is 24.6 Å². The fraction of sp³-hybridized carbons (Fsp3) is 0.357. The monoisotopic (exact) mass is 228 g/mol. The van der Waals surface area contributed by atoms with E-state index in [0.29, 0.717) is 6.42 Å². The predicted octanol–water partition coefficient (Wildman–Crippen LogP) is 3.47. The molecule has 0 N–H and O–H groups in total. The quantitative estimate of drug-likeness (QED) is 0.790. The zero-order chi connectivity index (χ0) is 11.9. The van der Waals surface area contributed by atoms with E-state index in [1.165, 1.54) is 6.07 Å². The number of fused-ring (bicyclic) bond motifs is 1. The van der Waals surface area contributed by atoms with Gasteiger partial charge in [-0.1, -0.05) is 0 Å². The highest BCUT2D eigenvalue weighted by molar-refractivity contribution is 5.80. The Balaban J connectivity index is 1.96. The molecule has 3 heteroatoms. The van der Waals surface area contributed by atoms with Crippen LogP contribution in [0.25, 0.3) is 10.9 Å². The molecule has 1 aromatic heterocycles. The van der Waals surface area contributed by atoms with Crippen molar-refractivity contribution in [2.24, 2.45) is 5.41 Å². The zero-order valence-corrected chi connectivity index (χ0v) is 9.49. The first-order chi connectivity index (χ1) is 8.22. The Bertz CT molecular complexity index is 602. The van der Waals surface area contributed by atoms with Crippen LogP contribution in [0.5, 0.6) is 0 Å². The van der Waals surface area contributed by atoms with E-state index in [9.17, 15) is 4.39 Å². The molecule has 0 bridgehead atoms. The maximum atomic E-state index is 13.2. The molecule has 1 heterocycles. The second-order valence-electron chi connectivity index (χ2n) is 4.98. The van der Waals surface area contributed by atoms with Gasteiger partial charge in [-0.25, -0.2) is 4.39 Å². The fourth-order valence-corrected chi connectivity index (χ4v) is 2.39. The Kier molecular flexibility index (Phi) is 2.19. The van der Waals surface area contributed by atoms with Crippen LogP contribution in [0.2, 0.25) is 0 Å². The van der Waals surface area contributed by atoms with Gasteiger partial charge >= 0.3 is 0 Å². The van der Waals surface area contributed by atoms with Gasteiger partial charge in [0.05, 0.1) is 11.6 Å². The maximum Gasteiger partial charge on any atom is 0.125 e. The molecule has 1 saturated carbocycles. The number of benzene rings is 1. The van der Waals surface area contributed by atoms with Crippen LogP contribution in [-0.4, -0.2) is 4.57 Å². The van der Waals surface area contributed by atoms with Crippen LogP contribution in [-0.2, 0) is 6.54 Å². The van der Waals surface area contributed by atoms with Gasteiger partial charge in [0.15, 0.2) is 0 Å². The minimum Gasteiger partial charge on any atom is -0.347 e. The van der Waals surface area contributed by atoms with Crippen molar-refractivity contribution in [3.63, 3.8) is 0 Å². The summed E-state index contributed by atoms with van der Waals surface area (Å²) in [6.07, 6.45) is 4.80. The van der Waals surface area contributed by atoms with Crippen molar-refractivity contribution in [2.75, 3.05) is 0 Å². The SMILES string of the molecule is N#CCC1(Cn2ccc3ccc(F)cc32)CC1. The van der Waals surface area contributed by atoms with Crippen LogP contribution >= 0.6 is 0 Å². The number of nitrogens with zero attached hydrogens (tertiary/aromatic N) is 2. The second kappa shape index (κ2) is 3.59. The molecule has 0 unspecified atom stereocenters. The molecule has 1 aromatic carbocycles. The van der Waals surface area contributed by atoms with Gasteiger partial charge in [-0.05, 0) is 42.5 Å². The molecular weight excluding hydrogens is 215 g/mol. The molecule has 17 heavy (non-hydrogen) atoms. The number of hydrogen-bond acceptors (Lipinski definition) is 1. The summed E-state index contributed by atoms with van der Waals surface area (Å²) in [6.45, 7) is 0.827. The first kappa shape index (κ1) is 10.3. The van der Waals surface area contributed by atoms with E-state index in [1.807, 2.05) is 12.3 Å². The molecule has 3 rings (SSSR count). The summed E-state index contributed by atoms with van der Waals surface area (Å²) >= 11 is 0. The standard InChI is InChI=1S/C14H13FN2/c15-12-2-1-11-3-8-17(13(11)9-12)10-14(4-5-14)6-7-16/h1-3,8-9H,4-6,10H2. The zero-order valence-electron chi connectivity index (χ0n) is 9.49. The summed E-state index contributed by atoms with van der Waals surface area (Å²) in [7, 11) is 0. The summed E-state index contributed by atoms with van der Waals surface area (Å²) in [4.78, 5) is 0.